The van der Waals surface area contributed by atoms with Gasteiger partial charge in [-0.1, -0.05) is 86.0 Å². The van der Waals surface area contributed by atoms with Crippen molar-refractivity contribution in [3.05, 3.63) is 289 Å². The Morgan fingerprint density at radius 2 is 0.630 bits per heavy atom. The summed E-state index contributed by atoms with van der Waals surface area (Å²) >= 11 is 0. The summed E-state index contributed by atoms with van der Waals surface area (Å²) in [6.45, 7) is 10.3. The van der Waals surface area contributed by atoms with Gasteiger partial charge in [-0.15, -0.1) is 0 Å². The van der Waals surface area contributed by atoms with Gasteiger partial charge in [0.25, 0.3) is 35.4 Å². The van der Waals surface area contributed by atoms with Crippen LogP contribution in [0, 0.1) is 0 Å². The van der Waals surface area contributed by atoms with Crippen LogP contribution in [0.4, 0.5) is 11.4 Å². The van der Waals surface area contributed by atoms with Gasteiger partial charge < -0.3 is 47.9 Å². The van der Waals surface area contributed by atoms with Crippen LogP contribution in [0.1, 0.15) is 78.9 Å². The van der Waals surface area contributed by atoms with E-state index in [2.05, 4.69) is 23.8 Å². The highest BCUT2D eigenvalue weighted by Crippen LogP contribution is 2.58. The summed E-state index contributed by atoms with van der Waals surface area (Å²) < 4.78 is 50.8. The van der Waals surface area contributed by atoms with Gasteiger partial charge in [-0.25, -0.2) is 9.59 Å². The number of imide groups is 2. The average molecular weight is 1330 g/mol. The first-order valence-corrected chi connectivity index (χ1v) is 31.2. The maximum Gasteiger partial charge on any atom is 0.338 e. The number of hydrogen-bond donors (Lipinski definition) is 2. The lowest BCUT2D eigenvalue weighted by atomic mass is 9.80. The van der Waals surface area contributed by atoms with E-state index in [1.165, 1.54) is 123 Å². The van der Waals surface area contributed by atoms with E-state index in [1.54, 1.807) is 121 Å². The van der Waals surface area contributed by atoms with Crippen molar-refractivity contribution in [2.24, 2.45) is 0 Å². The fourth-order valence-electron chi connectivity index (χ4n) is 12.5. The summed E-state index contributed by atoms with van der Waals surface area (Å²) in [5.41, 5.74) is 0.278. The van der Waals surface area contributed by atoms with Gasteiger partial charge in [0.1, 0.15) is 69.0 Å². The highest BCUT2D eigenvalue weighted by molar-refractivity contribution is 6.45. The fraction of sp³-hybridized carbons (Fsp3) is 0.0500. The fourth-order valence-corrected chi connectivity index (χ4v) is 12.5. The number of fused-ring (bicyclic) bond motifs is 2. The zero-order valence-electron chi connectivity index (χ0n) is 52.9. The highest BCUT2D eigenvalue weighted by Gasteiger charge is 2.48. The SMILES string of the molecule is C=C(C)C(=O)Oc1ccc(NC(=O)C(c2ccco2)N2C(=O)c3cc(Oc4ccccc4)c4c5c(Oc6ccccc6)cc6c7c(cc(Oc8ccccc8)c(c8c(Oc9ccccc9)cc(c3c48)C2=O)c75)C(=O)N(C(C(=O)Nc2ccc(OC(=O)C(=C)C)cc2)c2ccco2)C6=O)cc1. The third kappa shape index (κ3) is 11.2. The second kappa shape index (κ2) is 25.4. The Labute approximate surface area is 567 Å². The molecule has 0 saturated heterocycles. The molecule has 4 heterocycles. The Balaban J connectivity index is 1.00. The number of carbonyl (C=O) groups is 8. The molecule has 0 saturated carbocycles. The number of para-hydroxylation sites is 4. The average Bonchev–Trinajstić information content (AvgIpc) is 0.874. The third-order valence-corrected chi connectivity index (χ3v) is 16.8. The van der Waals surface area contributed by atoms with E-state index in [4.69, 9.17) is 37.3 Å². The van der Waals surface area contributed by atoms with Crippen molar-refractivity contribution < 1.29 is 75.6 Å². The molecular weight excluding hydrogens is 1270 g/mol. The standard InChI is InChI=1S/C80H52N4O16/c1-43(2)79(91)99-51-33-29-45(30-34-51)81-73(85)71(57-27-17-37-93-57)83-75(87)53-39-59(95-47-19-9-5-10-20-47)65-67-61(97-49-23-13-7-14-24-49)41-55-64-56(78(90)84(77(55)89)72(58-28-18-38-94-58)74(86)82-46-31-35-52(36-32-46)100-80(92)44(3)4)42-62(98-50-25-15-8-16-26-50)68(70(64)67)66-60(96-48-21-11-6-12-22-48)40-54(76(83)88)63(53)69(65)66/h5-42,71-72H,1,3H2,2,4H3,(H,81,85)(H,82,86). The summed E-state index contributed by atoms with van der Waals surface area (Å²) in [7, 11) is 0. The molecule has 6 amide bonds. The number of rotatable bonds is 20. The lowest BCUT2D eigenvalue weighted by Gasteiger charge is -2.35. The summed E-state index contributed by atoms with van der Waals surface area (Å²) in [6.07, 6.45) is 2.61. The first-order valence-electron chi connectivity index (χ1n) is 31.2. The van der Waals surface area contributed by atoms with Gasteiger partial charge in [-0.2, -0.15) is 0 Å². The van der Waals surface area contributed by atoms with Gasteiger partial charge in [0.05, 0.1) is 34.8 Å². The van der Waals surface area contributed by atoms with E-state index >= 15 is 28.8 Å². The second-order valence-corrected chi connectivity index (χ2v) is 23.5. The molecular formula is C80H52N4O16. The summed E-state index contributed by atoms with van der Waals surface area (Å²) in [5.74, 6) is -5.61. The predicted molar refractivity (Wildman–Crippen MR) is 369 cm³/mol. The lowest BCUT2D eigenvalue weighted by molar-refractivity contribution is -0.130. The van der Waals surface area contributed by atoms with Crippen molar-refractivity contribution in [2.45, 2.75) is 25.9 Å². The molecule has 2 aromatic heterocycles. The van der Waals surface area contributed by atoms with E-state index in [-0.39, 0.29) is 157 Å². The molecule has 0 radical (unpaired) electrons. The first kappa shape index (κ1) is 62.2. The summed E-state index contributed by atoms with van der Waals surface area (Å²) in [5, 5.41) is 6.98. The van der Waals surface area contributed by atoms with Crippen LogP contribution < -0.4 is 39.1 Å². The number of nitrogens with zero attached hydrogens (tertiary/aromatic N) is 2. The topological polar surface area (TPSA) is 249 Å². The molecule has 15 rings (SSSR count). The number of carbonyl (C=O) groups excluding carboxylic acids is 8. The first-order chi connectivity index (χ1) is 48.6. The number of ether oxygens (including phenoxy) is 6. The lowest BCUT2D eigenvalue weighted by Crippen LogP contribution is -2.47. The molecule has 2 aliphatic heterocycles. The maximum atomic E-state index is 16.2. The van der Waals surface area contributed by atoms with E-state index in [9.17, 15) is 9.59 Å². The Bertz CT molecular complexity index is 4970. The van der Waals surface area contributed by atoms with E-state index < -0.39 is 59.5 Å². The van der Waals surface area contributed by atoms with E-state index in [0.29, 0.717) is 0 Å². The Kier molecular flexibility index (Phi) is 15.8. The Hall–Kier alpha value is -13.9. The van der Waals surface area contributed by atoms with Crippen LogP contribution in [0.2, 0.25) is 0 Å². The number of amides is 6. The van der Waals surface area contributed by atoms with Crippen LogP contribution in [0.25, 0.3) is 43.1 Å². The van der Waals surface area contributed by atoms with Crippen LogP contribution in [0.15, 0.2) is 264 Å². The zero-order valence-corrected chi connectivity index (χ0v) is 52.9. The Morgan fingerprint density at radius 1 is 0.350 bits per heavy atom. The number of furan rings is 2. The largest absolute Gasteiger partial charge is 0.467 e. The van der Waals surface area contributed by atoms with Gasteiger partial charge in [-0.3, -0.25) is 38.6 Å². The van der Waals surface area contributed by atoms with Crippen molar-refractivity contribution in [3.8, 4) is 57.5 Å². The molecule has 2 unspecified atom stereocenters. The molecule has 11 aromatic carbocycles. The molecule has 0 spiro atoms. The smallest absolute Gasteiger partial charge is 0.338 e. The summed E-state index contributed by atoms with van der Waals surface area (Å²) in [6, 6.07) is 54.7. The van der Waals surface area contributed by atoms with Crippen LogP contribution in [-0.4, -0.2) is 57.2 Å². The van der Waals surface area contributed by atoms with Gasteiger partial charge in [0.2, 0.25) is 0 Å². The molecule has 20 heteroatoms. The van der Waals surface area contributed by atoms with Gasteiger partial charge >= 0.3 is 11.9 Å². The molecule has 2 aliphatic rings. The van der Waals surface area contributed by atoms with Crippen LogP contribution in [-0.2, 0) is 19.2 Å². The molecule has 0 fully saturated rings. The highest BCUT2D eigenvalue weighted by atomic mass is 16.5. The van der Waals surface area contributed by atoms with E-state index in [1.807, 2.05) is 0 Å². The number of esters is 2. The van der Waals surface area contributed by atoms with Crippen molar-refractivity contribution in [3.63, 3.8) is 0 Å². The van der Waals surface area contributed by atoms with Crippen LogP contribution >= 0.6 is 0 Å². The van der Waals surface area contributed by atoms with Gasteiger partial charge in [0, 0.05) is 65.6 Å². The minimum absolute atomic E-state index is 0.00621. The molecule has 100 heavy (non-hydrogen) atoms. The Morgan fingerprint density at radius 3 is 0.880 bits per heavy atom. The quantitative estimate of drug-likeness (QED) is 0.0180. The number of nitrogens with one attached hydrogen (secondary N) is 2. The van der Waals surface area contributed by atoms with Crippen molar-refractivity contribution in [1.29, 1.82) is 0 Å². The van der Waals surface area contributed by atoms with Crippen molar-refractivity contribution >= 4 is 102 Å². The molecule has 0 aliphatic carbocycles. The number of benzene rings is 11. The second-order valence-electron chi connectivity index (χ2n) is 23.5. The van der Waals surface area contributed by atoms with Crippen molar-refractivity contribution in [1.82, 2.24) is 9.80 Å². The molecule has 2 atom stereocenters. The van der Waals surface area contributed by atoms with Crippen LogP contribution in [0.3, 0.4) is 0 Å². The van der Waals surface area contributed by atoms with Gasteiger partial charge in [0.15, 0.2) is 12.1 Å². The van der Waals surface area contributed by atoms with Gasteiger partial charge in [-0.05, 0) is 159 Å². The molecule has 488 valence electrons. The minimum atomic E-state index is -1.78. The third-order valence-electron chi connectivity index (χ3n) is 16.8. The zero-order chi connectivity index (χ0) is 69.0. The maximum absolute atomic E-state index is 16.2. The molecule has 13 aromatic rings. The molecule has 0 bridgehead atoms. The summed E-state index contributed by atoms with van der Waals surface area (Å²) in [4.78, 5) is 122. The normalized spacial score (nSPS) is 13.1. The number of hydrogen-bond acceptors (Lipinski definition) is 16. The van der Waals surface area contributed by atoms with Crippen LogP contribution in [0.5, 0.6) is 57.5 Å². The monoisotopic (exact) mass is 1320 g/mol. The number of anilines is 2. The van der Waals surface area contributed by atoms with E-state index in [0.717, 1.165) is 9.80 Å². The predicted octanol–water partition coefficient (Wildman–Crippen LogP) is 17.0. The van der Waals surface area contributed by atoms with Crippen molar-refractivity contribution in [2.75, 3.05) is 10.6 Å². The minimum Gasteiger partial charge on any atom is -0.467 e. The molecule has 2 N–H and O–H groups in total. The molecule has 20 nitrogen and oxygen atoms in total.